The Bertz CT molecular complexity index is 2190. The molecule has 8 nitrogen and oxygen atoms in total. The minimum Gasteiger partial charge on any atom is -0.467 e. The zero-order chi connectivity index (χ0) is 36.7. The van der Waals surface area contributed by atoms with Gasteiger partial charge in [0.05, 0.1) is 19.7 Å². The van der Waals surface area contributed by atoms with Crippen LogP contribution >= 0.6 is 0 Å². The molecule has 53 heavy (non-hydrogen) atoms. The van der Waals surface area contributed by atoms with E-state index in [1.54, 1.807) is 0 Å². The second kappa shape index (κ2) is 16.0. The Morgan fingerprint density at radius 3 is 1.96 bits per heavy atom. The van der Waals surface area contributed by atoms with E-state index in [0.29, 0.717) is 0 Å². The van der Waals surface area contributed by atoms with E-state index >= 15 is 0 Å². The number of alkyl carbamates (subject to hydrolysis) is 1. The first-order valence-electron chi connectivity index (χ1n) is 17.7. The second-order valence-corrected chi connectivity index (χ2v) is 13.3. The maximum absolute atomic E-state index is 14.3. The van der Waals surface area contributed by atoms with Gasteiger partial charge in [0.15, 0.2) is 0 Å². The maximum atomic E-state index is 14.3. The number of hydrogen-bond donors (Lipinski definition) is 2. The second-order valence-electron chi connectivity index (χ2n) is 13.3. The molecule has 2 atom stereocenters. The lowest BCUT2D eigenvalue weighted by molar-refractivity contribution is -0.153. The predicted molar refractivity (Wildman–Crippen MR) is 207 cm³/mol. The van der Waals surface area contributed by atoms with Gasteiger partial charge in [-0.15, -0.1) is 0 Å². The molecule has 1 aliphatic rings. The molecule has 0 spiro atoms. The number of rotatable bonds is 12. The molecule has 6 aromatic rings. The van der Waals surface area contributed by atoms with E-state index in [0.717, 1.165) is 55.3 Å². The van der Waals surface area contributed by atoms with Crippen molar-refractivity contribution in [2.75, 3.05) is 20.3 Å². The third-order valence-corrected chi connectivity index (χ3v) is 9.92. The lowest BCUT2D eigenvalue weighted by atomic mass is 9.98. The molecule has 0 saturated carbocycles. The van der Waals surface area contributed by atoms with Crippen LogP contribution in [-0.2, 0) is 32.0 Å². The number of benzene rings is 6. The lowest BCUT2D eigenvalue weighted by Gasteiger charge is -2.32. The summed E-state index contributed by atoms with van der Waals surface area (Å²) < 4.78 is 10.9. The summed E-state index contributed by atoms with van der Waals surface area (Å²) in [5, 5.41) is 4.86. The summed E-state index contributed by atoms with van der Waals surface area (Å²) in [4.78, 5) is 42.3. The van der Waals surface area contributed by atoms with Crippen molar-refractivity contribution in [3.8, 4) is 22.3 Å². The van der Waals surface area contributed by atoms with Crippen molar-refractivity contribution in [1.82, 2.24) is 10.2 Å². The molecule has 0 radical (unpaired) electrons. The van der Waals surface area contributed by atoms with Gasteiger partial charge in [0.25, 0.3) is 0 Å². The number of ether oxygens (including phenoxy) is 2. The van der Waals surface area contributed by atoms with E-state index < -0.39 is 30.1 Å². The molecule has 2 amide bonds. The molecular formula is C45H41N3O5. The standard InChI is InChI=1S/C45H41N3O5/c1-52-44(50)42(27-47-45(51)53-29-40-38-17-9-7-15-36(38)37-16-8-10-18-39(37)40)48(28-30-19-22-34(23-20-30)32-11-3-2-4-12-32)43(49)41(46)26-31-21-24-33-13-5-6-14-35(33)25-31/h2-25,40-42H,26-29,46H2,1H3,(H,47,51)/t41-,42-/m0/s1. The summed E-state index contributed by atoms with van der Waals surface area (Å²) in [5.41, 5.74) is 14.8. The van der Waals surface area contributed by atoms with Crippen LogP contribution in [0.2, 0.25) is 0 Å². The van der Waals surface area contributed by atoms with Gasteiger partial charge in [0.1, 0.15) is 12.6 Å². The van der Waals surface area contributed by atoms with Gasteiger partial charge in [0.2, 0.25) is 5.91 Å². The molecule has 3 N–H and O–H groups in total. The Balaban J connectivity index is 1.10. The van der Waals surface area contributed by atoms with Crippen LogP contribution in [0.3, 0.4) is 0 Å². The Labute approximate surface area is 309 Å². The van der Waals surface area contributed by atoms with Crippen molar-refractivity contribution in [3.05, 3.63) is 168 Å². The molecule has 0 bridgehead atoms. The van der Waals surface area contributed by atoms with Crippen LogP contribution in [0.1, 0.15) is 28.2 Å². The summed E-state index contributed by atoms with van der Waals surface area (Å²) in [6.07, 6.45) is -0.457. The largest absolute Gasteiger partial charge is 0.467 e. The van der Waals surface area contributed by atoms with E-state index in [2.05, 4.69) is 17.4 Å². The Hall–Kier alpha value is -6.25. The zero-order valence-corrected chi connectivity index (χ0v) is 29.5. The summed E-state index contributed by atoms with van der Waals surface area (Å²) >= 11 is 0. The predicted octanol–water partition coefficient (Wildman–Crippen LogP) is 7.49. The molecule has 7 rings (SSSR count). The van der Waals surface area contributed by atoms with Gasteiger partial charge in [-0.1, -0.05) is 146 Å². The first-order chi connectivity index (χ1) is 25.9. The molecule has 0 saturated heterocycles. The average molecular weight is 704 g/mol. The zero-order valence-electron chi connectivity index (χ0n) is 29.5. The number of nitrogens with zero attached hydrogens (tertiary/aromatic N) is 1. The van der Waals surface area contributed by atoms with E-state index in [1.807, 2.05) is 133 Å². The fraction of sp³-hybridized carbons (Fsp3) is 0.178. The van der Waals surface area contributed by atoms with Crippen LogP contribution in [0, 0.1) is 0 Å². The first-order valence-corrected chi connectivity index (χ1v) is 17.7. The number of carbonyl (C=O) groups excluding carboxylic acids is 3. The monoisotopic (exact) mass is 703 g/mol. The Morgan fingerprint density at radius 2 is 1.28 bits per heavy atom. The van der Waals surface area contributed by atoms with E-state index in [4.69, 9.17) is 15.2 Å². The van der Waals surface area contributed by atoms with Gasteiger partial charge in [-0.3, -0.25) is 4.79 Å². The highest BCUT2D eigenvalue weighted by Crippen LogP contribution is 2.44. The molecule has 266 valence electrons. The number of carbonyl (C=O) groups is 3. The van der Waals surface area contributed by atoms with Crippen molar-refractivity contribution in [2.24, 2.45) is 5.73 Å². The normalized spacial score (nSPS) is 13.0. The van der Waals surface area contributed by atoms with Crippen molar-refractivity contribution in [1.29, 1.82) is 0 Å². The smallest absolute Gasteiger partial charge is 0.407 e. The number of amides is 2. The third-order valence-electron chi connectivity index (χ3n) is 9.92. The minimum atomic E-state index is -1.18. The molecule has 1 aliphatic carbocycles. The van der Waals surface area contributed by atoms with Crippen LogP contribution in [0.4, 0.5) is 4.79 Å². The number of hydrogen-bond acceptors (Lipinski definition) is 6. The van der Waals surface area contributed by atoms with Gasteiger partial charge in [-0.05, 0) is 61.7 Å². The van der Waals surface area contributed by atoms with Gasteiger partial charge >= 0.3 is 12.1 Å². The van der Waals surface area contributed by atoms with Crippen molar-refractivity contribution in [2.45, 2.75) is 31.0 Å². The SMILES string of the molecule is COC(=O)[C@H](CNC(=O)OCC1c2ccccc2-c2ccccc21)N(Cc1ccc(-c2ccccc2)cc1)C(=O)[C@@H](N)Cc1ccc2ccccc2c1. The van der Waals surface area contributed by atoms with E-state index in [-0.39, 0.29) is 32.0 Å². The summed E-state index contributed by atoms with van der Waals surface area (Å²) in [7, 11) is 1.26. The highest BCUT2D eigenvalue weighted by molar-refractivity contribution is 5.89. The quantitative estimate of drug-likeness (QED) is 0.128. The lowest BCUT2D eigenvalue weighted by Crippen LogP contribution is -2.55. The number of fused-ring (bicyclic) bond motifs is 4. The topological polar surface area (TPSA) is 111 Å². The van der Waals surface area contributed by atoms with Crippen LogP contribution in [0.25, 0.3) is 33.0 Å². The highest BCUT2D eigenvalue weighted by atomic mass is 16.5. The summed E-state index contributed by atoms with van der Waals surface area (Å²) in [5.74, 6) is -1.26. The van der Waals surface area contributed by atoms with Crippen molar-refractivity contribution in [3.63, 3.8) is 0 Å². The third kappa shape index (κ3) is 7.83. The molecule has 0 unspecified atom stereocenters. The first kappa shape index (κ1) is 35.2. The summed E-state index contributed by atoms with van der Waals surface area (Å²) in [6.45, 7) is -0.0683. The van der Waals surface area contributed by atoms with Crippen molar-refractivity contribution >= 4 is 28.7 Å². The molecule has 0 aromatic heterocycles. The van der Waals surface area contributed by atoms with Gasteiger partial charge < -0.3 is 25.4 Å². The number of nitrogens with two attached hydrogens (primary N) is 1. The summed E-state index contributed by atoms with van der Waals surface area (Å²) in [6, 6.07) is 45.8. The van der Waals surface area contributed by atoms with Gasteiger partial charge in [0, 0.05) is 12.5 Å². The van der Waals surface area contributed by atoms with Gasteiger partial charge in [-0.25, -0.2) is 9.59 Å². The Morgan fingerprint density at radius 1 is 0.698 bits per heavy atom. The van der Waals surface area contributed by atoms with Crippen LogP contribution in [0.15, 0.2) is 146 Å². The maximum Gasteiger partial charge on any atom is 0.407 e. The number of methoxy groups -OCH3 is 1. The molecule has 0 aliphatic heterocycles. The average Bonchev–Trinajstić information content (AvgIpc) is 3.53. The van der Waals surface area contributed by atoms with Crippen molar-refractivity contribution < 1.29 is 23.9 Å². The van der Waals surface area contributed by atoms with Crippen LogP contribution in [-0.4, -0.2) is 55.2 Å². The molecule has 0 heterocycles. The Kier molecular flexibility index (Phi) is 10.6. The van der Waals surface area contributed by atoms with Gasteiger partial charge in [-0.2, -0.15) is 0 Å². The number of nitrogens with one attached hydrogen (secondary N) is 1. The van der Waals surface area contributed by atoms with Crippen LogP contribution in [0.5, 0.6) is 0 Å². The van der Waals surface area contributed by atoms with E-state index in [9.17, 15) is 14.4 Å². The highest BCUT2D eigenvalue weighted by Gasteiger charge is 2.35. The molecular weight excluding hydrogens is 663 g/mol. The fourth-order valence-corrected chi connectivity index (χ4v) is 7.18. The fourth-order valence-electron chi connectivity index (χ4n) is 7.18. The molecule has 0 fully saturated rings. The number of esters is 1. The van der Waals surface area contributed by atoms with E-state index in [1.165, 1.54) is 12.0 Å². The van der Waals surface area contributed by atoms with Crippen LogP contribution < -0.4 is 11.1 Å². The minimum absolute atomic E-state index is 0.0610. The molecule has 6 aromatic carbocycles. The molecule has 8 heteroatoms.